The highest BCUT2D eigenvalue weighted by atomic mass is 16.5. The average Bonchev–Trinajstić information content (AvgIpc) is 3.16. The molecule has 2 aromatic rings. The van der Waals surface area contributed by atoms with Crippen LogP contribution in [0.3, 0.4) is 0 Å². The summed E-state index contributed by atoms with van der Waals surface area (Å²) in [7, 11) is 0. The fourth-order valence-electron chi connectivity index (χ4n) is 3.90. The van der Waals surface area contributed by atoms with Crippen molar-refractivity contribution in [2.75, 3.05) is 26.2 Å². The summed E-state index contributed by atoms with van der Waals surface area (Å²) in [6, 6.07) is 15.3. The molecule has 1 N–H and O–H groups in total. The fourth-order valence-corrected chi connectivity index (χ4v) is 3.90. The normalized spacial score (nSPS) is 17.0. The molecule has 1 saturated heterocycles. The number of benzene rings is 2. The Morgan fingerprint density at radius 2 is 1.93 bits per heavy atom. The highest BCUT2D eigenvalue weighted by molar-refractivity contribution is 5.43. The number of nitrogens with one attached hydrogen (secondary N) is 1. The van der Waals surface area contributed by atoms with E-state index in [1.54, 1.807) is 0 Å². The molecule has 0 radical (unpaired) electrons. The average molecular weight is 383 g/mol. The van der Waals surface area contributed by atoms with E-state index in [1.165, 1.54) is 36.1 Å². The van der Waals surface area contributed by atoms with Crippen molar-refractivity contribution in [3.63, 3.8) is 0 Å². The molecule has 3 rings (SSSR count). The first kappa shape index (κ1) is 20.7. The second-order valence-electron chi connectivity index (χ2n) is 7.48. The Labute approximate surface area is 169 Å². The maximum absolute atomic E-state index is 6.07. The van der Waals surface area contributed by atoms with Crippen LogP contribution in [0, 0.1) is 6.92 Å². The molecule has 152 valence electrons. The van der Waals surface area contributed by atoms with Crippen LogP contribution < -0.4 is 14.8 Å². The van der Waals surface area contributed by atoms with Crippen LogP contribution in [0.15, 0.2) is 42.5 Å². The van der Waals surface area contributed by atoms with Crippen LogP contribution in [0.2, 0.25) is 0 Å². The molecule has 0 aromatic heterocycles. The van der Waals surface area contributed by atoms with Crippen LogP contribution in [0.25, 0.3) is 0 Å². The summed E-state index contributed by atoms with van der Waals surface area (Å²) >= 11 is 0. The Hall–Kier alpha value is -2.04. The van der Waals surface area contributed by atoms with Crippen LogP contribution in [-0.2, 0) is 13.2 Å². The zero-order valence-electron chi connectivity index (χ0n) is 17.5. The standard InChI is InChI=1S/C24H34N2O2/c1-4-26-14-8-11-22(26)17-25-16-20-12-13-23(24(15-20)27-5-2)28-18-21-10-7-6-9-19(21)3/h6-7,9-10,12-13,15,22,25H,4-5,8,11,14,16-18H2,1-3H3/t22-/m1/s1. The van der Waals surface area contributed by atoms with Gasteiger partial charge < -0.3 is 14.8 Å². The van der Waals surface area contributed by atoms with Gasteiger partial charge in [-0.25, -0.2) is 0 Å². The third kappa shape index (κ3) is 5.49. The monoisotopic (exact) mass is 382 g/mol. The Balaban J connectivity index is 1.58. The Morgan fingerprint density at radius 1 is 1.07 bits per heavy atom. The molecule has 0 unspecified atom stereocenters. The minimum Gasteiger partial charge on any atom is -0.490 e. The van der Waals surface area contributed by atoms with Crippen molar-refractivity contribution < 1.29 is 9.47 Å². The second kappa shape index (κ2) is 10.5. The summed E-state index contributed by atoms with van der Waals surface area (Å²) in [6.07, 6.45) is 2.62. The molecule has 0 aliphatic carbocycles. The van der Waals surface area contributed by atoms with Gasteiger partial charge in [-0.05, 0) is 68.6 Å². The van der Waals surface area contributed by atoms with E-state index in [0.29, 0.717) is 19.3 Å². The van der Waals surface area contributed by atoms with E-state index in [2.05, 4.69) is 54.4 Å². The van der Waals surface area contributed by atoms with Gasteiger partial charge in [0.2, 0.25) is 0 Å². The van der Waals surface area contributed by atoms with E-state index in [9.17, 15) is 0 Å². The molecule has 1 heterocycles. The smallest absolute Gasteiger partial charge is 0.161 e. The lowest BCUT2D eigenvalue weighted by Gasteiger charge is -2.23. The maximum atomic E-state index is 6.07. The molecule has 1 atom stereocenters. The zero-order valence-corrected chi connectivity index (χ0v) is 17.5. The van der Waals surface area contributed by atoms with Crippen molar-refractivity contribution in [2.45, 2.75) is 52.8 Å². The van der Waals surface area contributed by atoms with Crippen molar-refractivity contribution >= 4 is 0 Å². The summed E-state index contributed by atoms with van der Waals surface area (Å²) < 4.78 is 11.9. The molecule has 1 fully saturated rings. The number of aryl methyl sites for hydroxylation is 1. The van der Waals surface area contributed by atoms with Crippen molar-refractivity contribution in [1.29, 1.82) is 0 Å². The van der Waals surface area contributed by atoms with E-state index in [4.69, 9.17) is 9.47 Å². The Morgan fingerprint density at radius 3 is 2.71 bits per heavy atom. The summed E-state index contributed by atoms with van der Waals surface area (Å²) in [5.41, 5.74) is 3.68. The van der Waals surface area contributed by atoms with Crippen LogP contribution >= 0.6 is 0 Å². The lowest BCUT2D eigenvalue weighted by molar-refractivity contribution is 0.259. The first-order valence-corrected chi connectivity index (χ1v) is 10.6. The van der Waals surface area contributed by atoms with Gasteiger partial charge in [0.1, 0.15) is 6.61 Å². The topological polar surface area (TPSA) is 33.7 Å². The van der Waals surface area contributed by atoms with Gasteiger partial charge in [0, 0.05) is 19.1 Å². The number of likely N-dealkylation sites (N-methyl/N-ethyl adjacent to an activating group) is 1. The highest BCUT2D eigenvalue weighted by Gasteiger charge is 2.22. The van der Waals surface area contributed by atoms with Gasteiger partial charge in [0.15, 0.2) is 11.5 Å². The molecule has 0 amide bonds. The predicted molar refractivity (Wildman–Crippen MR) is 115 cm³/mol. The van der Waals surface area contributed by atoms with E-state index >= 15 is 0 Å². The first-order chi connectivity index (χ1) is 13.7. The molecule has 4 nitrogen and oxygen atoms in total. The zero-order chi connectivity index (χ0) is 19.8. The van der Waals surface area contributed by atoms with Gasteiger partial charge in [-0.1, -0.05) is 37.3 Å². The lowest BCUT2D eigenvalue weighted by Crippen LogP contribution is -2.37. The third-order valence-corrected chi connectivity index (χ3v) is 5.57. The Kier molecular flexibility index (Phi) is 7.75. The van der Waals surface area contributed by atoms with Crippen molar-refractivity contribution in [3.05, 3.63) is 59.2 Å². The number of nitrogens with zero attached hydrogens (tertiary/aromatic N) is 1. The quantitative estimate of drug-likeness (QED) is 0.654. The SMILES string of the molecule is CCOc1cc(CNC[C@H]2CCCN2CC)ccc1OCc1ccccc1C. The van der Waals surface area contributed by atoms with Gasteiger partial charge in [0.05, 0.1) is 6.61 Å². The predicted octanol–water partition coefficient (Wildman–Crippen LogP) is 4.55. The van der Waals surface area contributed by atoms with Crippen LogP contribution in [0.4, 0.5) is 0 Å². The van der Waals surface area contributed by atoms with Gasteiger partial charge >= 0.3 is 0 Å². The van der Waals surface area contributed by atoms with E-state index in [1.807, 2.05) is 19.1 Å². The molecule has 4 heteroatoms. The number of hydrogen-bond donors (Lipinski definition) is 1. The molecule has 28 heavy (non-hydrogen) atoms. The Bertz CT molecular complexity index is 747. The maximum Gasteiger partial charge on any atom is 0.161 e. The van der Waals surface area contributed by atoms with Gasteiger partial charge in [0.25, 0.3) is 0 Å². The fraction of sp³-hybridized carbons (Fsp3) is 0.500. The van der Waals surface area contributed by atoms with Gasteiger partial charge in [-0.15, -0.1) is 0 Å². The summed E-state index contributed by atoms with van der Waals surface area (Å²) in [6.45, 7) is 11.8. The molecule has 2 aromatic carbocycles. The van der Waals surface area contributed by atoms with Crippen molar-refractivity contribution in [1.82, 2.24) is 10.2 Å². The van der Waals surface area contributed by atoms with Gasteiger partial charge in [-0.2, -0.15) is 0 Å². The van der Waals surface area contributed by atoms with Crippen LogP contribution in [-0.4, -0.2) is 37.2 Å². The third-order valence-electron chi connectivity index (χ3n) is 5.57. The largest absolute Gasteiger partial charge is 0.490 e. The van der Waals surface area contributed by atoms with Gasteiger partial charge in [-0.3, -0.25) is 4.90 Å². The molecule has 0 saturated carbocycles. The second-order valence-corrected chi connectivity index (χ2v) is 7.48. The molecular formula is C24H34N2O2. The summed E-state index contributed by atoms with van der Waals surface area (Å²) in [5, 5.41) is 3.62. The molecule has 0 bridgehead atoms. The first-order valence-electron chi connectivity index (χ1n) is 10.6. The molecule has 1 aliphatic rings. The lowest BCUT2D eigenvalue weighted by atomic mass is 10.1. The molecule has 1 aliphatic heterocycles. The molecular weight excluding hydrogens is 348 g/mol. The molecule has 0 spiro atoms. The van der Waals surface area contributed by atoms with E-state index in [-0.39, 0.29) is 0 Å². The van der Waals surface area contributed by atoms with Crippen molar-refractivity contribution in [2.24, 2.45) is 0 Å². The summed E-state index contributed by atoms with van der Waals surface area (Å²) in [4.78, 5) is 2.57. The highest BCUT2D eigenvalue weighted by Crippen LogP contribution is 2.29. The van der Waals surface area contributed by atoms with E-state index in [0.717, 1.165) is 31.1 Å². The number of hydrogen-bond acceptors (Lipinski definition) is 4. The number of ether oxygens (including phenoxy) is 2. The minimum absolute atomic E-state index is 0.554. The van der Waals surface area contributed by atoms with Crippen LogP contribution in [0.5, 0.6) is 11.5 Å². The van der Waals surface area contributed by atoms with Crippen molar-refractivity contribution in [3.8, 4) is 11.5 Å². The van der Waals surface area contributed by atoms with E-state index < -0.39 is 0 Å². The number of rotatable bonds is 10. The summed E-state index contributed by atoms with van der Waals surface area (Å²) in [5.74, 6) is 1.63. The minimum atomic E-state index is 0.554. The number of likely N-dealkylation sites (tertiary alicyclic amines) is 1. The van der Waals surface area contributed by atoms with Crippen LogP contribution in [0.1, 0.15) is 43.4 Å².